The molecule has 0 aliphatic heterocycles. The molecule has 0 bridgehead atoms. The van der Waals surface area contributed by atoms with Crippen LogP contribution >= 0.6 is 11.6 Å². The van der Waals surface area contributed by atoms with Crippen LogP contribution in [0.5, 0.6) is 0 Å². The van der Waals surface area contributed by atoms with Gasteiger partial charge in [-0.2, -0.15) is 0 Å². The summed E-state index contributed by atoms with van der Waals surface area (Å²) in [5.41, 5.74) is 3.19. The fraction of sp³-hybridized carbons (Fsp3) is 0.231. The molecule has 2 rings (SSSR count). The van der Waals surface area contributed by atoms with Crippen molar-refractivity contribution in [3.63, 3.8) is 0 Å². The number of hydrogen-bond donors (Lipinski definition) is 0. The van der Waals surface area contributed by atoms with Crippen LogP contribution < -0.4 is 0 Å². The second kappa shape index (κ2) is 4.62. The Bertz CT molecular complexity index is 492. The minimum absolute atomic E-state index is 0.502. The van der Waals surface area contributed by atoms with Gasteiger partial charge in [0.25, 0.3) is 0 Å². The topological polar surface area (TPSA) is 25.8 Å². The molecule has 0 radical (unpaired) electrons. The number of aromatic nitrogens is 2. The van der Waals surface area contributed by atoms with E-state index in [9.17, 15) is 0 Å². The lowest BCUT2D eigenvalue weighted by molar-refractivity contribution is 1.01. The Morgan fingerprint density at radius 3 is 2.44 bits per heavy atom. The van der Waals surface area contributed by atoms with E-state index < -0.39 is 0 Å². The van der Waals surface area contributed by atoms with E-state index in [1.54, 1.807) is 6.07 Å². The van der Waals surface area contributed by atoms with Gasteiger partial charge >= 0.3 is 0 Å². The summed E-state index contributed by atoms with van der Waals surface area (Å²) in [5.74, 6) is 0.698. The minimum Gasteiger partial charge on any atom is -0.233 e. The number of nitrogens with zero attached hydrogens (tertiary/aromatic N) is 2. The van der Waals surface area contributed by atoms with E-state index >= 15 is 0 Å². The zero-order chi connectivity index (χ0) is 11.5. The van der Waals surface area contributed by atoms with Crippen molar-refractivity contribution in [1.82, 2.24) is 9.97 Å². The maximum atomic E-state index is 5.96. The van der Waals surface area contributed by atoms with Gasteiger partial charge in [0, 0.05) is 11.3 Å². The predicted molar refractivity (Wildman–Crippen MR) is 66.6 cm³/mol. The predicted octanol–water partition coefficient (Wildman–Crippen LogP) is 3.67. The molecule has 2 nitrogen and oxygen atoms in total. The molecule has 1 aromatic carbocycles. The van der Waals surface area contributed by atoms with Gasteiger partial charge in [-0.1, -0.05) is 48.4 Å². The van der Waals surface area contributed by atoms with Gasteiger partial charge in [-0.25, -0.2) is 9.97 Å². The van der Waals surface area contributed by atoms with Gasteiger partial charge in [-0.3, -0.25) is 0 Å². The number of halogens is 1. The van der Waals surface area contributed by atoms with Gasteiger partial charge in [-0.05, 0) is 19.4 Å². The third kappa shape index (κ3) is 2.39. The Kier molecular flexibility index (Phi) is 3.20. The highest BCUT2D eigenvalue weighted by atomic mass is 35.5. The van der Waals surface area contributed by atoms with Crippen molar-refractivity contribution in [2.45, 2.75) is 20.3 Å². The highest BCUT2D eigenvalue weighted by Gasteiger charge is 2.04. The summed E-state index contributed by atoms with van der Waals surface area (Å²) in [5, 5.41) is 0.502. The third-order valence-electron chi connectivity index (χ3n) is 2.42. The summed E-state index contributed by atoms with van der Waals surface area (Å²) in [7, 11) is 0. The van der Waals surface area contributed by atoms with E-state index in [1.165, 1.54) is 5.56 Å². The van der Waals surface area contributed by atoms with Gasteiger partial charge in [-0.15, -0.1) is 0 Å². The van der Waals surface area contributed by atoms with Crippen molar-refractivity contribution in [3.05, 3.63) is 46.7 Å². The van der Waals surface area contributed by atoms with E-state index in [1.807, 2.05) is 24.3 Å². The normalized spacial score (nSPS) is 10.4. The minimum atomic E-state index is 0.502. The lowest BCUT2D eigenvalue weighted by atomic mass is 10.1. The molecule has 0 spiro atoms. The summed E-state index contributed by atoms with van der Waals surface area (Å²) in [6.45, 7) is 4.11. The molecule has 0 unspecified atom stereocenters. The Labute approximate surface area is 100 Å². The van der Waals surface area contributed by atoms with Gasteiger partial charge < -0.3 is 0 Å². The second-order valence-electron chi connectivity index (χ2n) is 3.73. The molecule has 3 heteroatoms. The summed E-state index contributed by atoms with van der Waals surface area (Å²) in [6.07, 6.45) is 0.862. The molecule has 0 aliphatic carbocycles. The maximum absolute atomic E-state index is 5.96. The van der Waals surface area contributed by atoms with Crippen LogP contribution in [0.3, 0.4) is 0 Å². The Morgan fingerprint density at radius 1 is 1.12 bits per heavy atom. The molecule has 1 aromatic heterocycles. The zero-order valence-electron chi connectivity index (χ0n) is 9.37. The quantitative estimate of drug-likeness (QED) is 0.739. The highest BCUT2D eigenvalue weighted by Crippen LogP contribution is 2.18. The summed E-state index contributed by atoms with van der Waals surface area (Å²) < 4.78 is 0. The van der Waals surface area contributed by atoms with Crippen LogP contribution in [0, 0.1) is 6.92 Å². The number of aryl methyl sites for hydroxylation is 2. The molecule has 1 heterocycles. The number of rotatable bonds is 2. The SMILES string of the molecule is CCc1cc(Cl)nc(-c2ccc(C)cc2)n1. The largest absolute Gasteiger partial charge is 0.233 e. The first-order valence-corrected chi connectivity index (χ1v) is 5.67. The van der Waals surface area contributed by atoms with Crippen molar-refractivity contribution >= 4 is 11.6 Å². The van der Waals surface area contributed by atoms with E-state index in [2.05, 4.69) is 23.8 Å². The van der Waals surface area contributed by atoms with E-state index in [-0.39, 0.29) is 0 Å². The molecular formula is C13H13ClN2. The molecule has 16 heavy (non-hydrogen) atoms. The summed E-state index contributed by atoms with van der Waals surface area (Å²) >= 11 is 5.96. The zero-order valence-corrected chi connectivity index (χ0v) is 10.1. The van der Waals surface area contributed by atoms with Gasteiger partial charge in [0.05, 0.1) is 0 Å². The van der Waals surface area contributed by atoms with Crippen LogP contribution in [-0.4, -0.2) is 9.97 Å². The van der Waals surface area contributed by atoms with Crippen LogP contribution in [0.4, 0.5) is 0 Å². The summed E-state index contributed by atoms with van der Waals surface area (Å²) in [6, 6.07) is 9.93. The molecule has 0 amide bonds. The maximum Gasteiger partial charge on any atom is 0.161 e. The van der Waals surface area contributed by atoms with Crippen molar-refractivity contribution < 1.29 is 0 Å². The van der Waals surface area contributed by atoms with Crippen molar-refractivity contribution in [2.75, 3.05) is 0 Å². The Balaban J connectivity index is 2.47. The average Bonchev–Trinajstić information content (AvgIpc) is 2.29. The van der Waals surface area contributed by atoms with Gasteiger partial charge in [0.15, 0.2) is 5.82 Å². The van der Waals surface area contributed by atoms with Crippen molar-refractivity contribution in [3.8, 4) is 11.4 Å². The summed E-state index contributed by atoms with van der Waals surface area (Å²) in [4.78, 5) is 8.69. The lowest BCUT2D eigenvalue weighted by Crippen LogP contribution is -1.94. The smallest absolute Gasteiger partial charge is 0.161 e. The average molecular weight is 233 g/mol. The molecule has 2 aromatic rings. The molecule has 0 saturated heterocycles. The molecule has 82 valence electrons. The Hall–Kier alpha value is -1.41. The van der Waals surface area contributed by atoms with Crippen LogP contribution in [0.25, 0.3) is 11.4 Å². The van der Waals surface area contributed by atoms with Gasteiger partial charge in [0.2, 0.25) is 0 Å². The fourth-order valence-electron chi connectivity index (χ4n) is 1.48. The first-order valence-electron chi connectivity index (χ1n) is 5.29. The van der Waals surface area contributed by atoms with Crippen LogP contribution in [-0.2, 0) is 6.42 Å². The molecule has 0 fully saturated rings. The first-order chi connectivity index (χ1) is 7.69. The van der Waals surface area contributed by atoms with Crippen molar-refractivity contribution in [2.24, 2.45) is 0 Å². The van der Waals surface area contributed by atoms with Crippen molar-refractivity contribution in [1.29, 1.82) is 0 Å². The van der Waals surface area contributed by atoms with Crippen LogP contribution in [0.1, 0.15) is 18.2 Å². The van der Waals surface area contributed by atoms with Crippen LogP contribution in [0.2, 0.25) is 5.15 Å². The Morgan fingerprint density at radius 2 is 1.81 bits per heavy atom. The van der Waals surface area contributed by atoms with E-state index in [0.717, 1.165) is 17.7 Å². The first kappa shape index (κ1) is 11.1. The third-order valence-corrected chi connectivity index (χ3v) is 2.61. The molecule has 0 N–H and O–H groups in total. The monoisotopic (exact) mass is 232 g/mol. The van der Waals surface area contributed by atoms with Gasteiger partial charge in [0.1, 0.15) is 5.15 Å². The molecule has 0 saturated carbocycles. The highest BCUT2D eigenvalue weighted by molar-refractivity contribution is 6.29. The van der Waals surface area contributed by atoms with E-state index in [4.69, 9.17) is 11.6 Å². The number of benzene rings is 1. The second-order valence-corrected chi connectivity index (χ2v) is 4.11. The molecular weight excluding hydrogens is 220 g/mol. The lowest BCUT2D eigenvalue weighted by Gasteiger charge is -2.03. The standard InChI is InChI=1S/C13H13ClN2/c1-3-11-8-12(14)16-13(15-11)10-6-4-9(2)5-7-10/h4-8H,3H2,1-2H3. The molecule has 0 aliphatic rings. The molecule has 0 atom stereocenters. The van der Waals surface area contributed by atoms with E-state index in [0.29, 0.717) is 11.0 Å². The number of hydrogen-bond acceptors (Lipinski definition) is 2. The fourth-order valence-corrected chi connectivity index (χ4v) is 1.68. The van der Waals surface area contributed by atoms with Crippen LogP contribution in [0.15, 0.2) is 30.3 Å².